The molecule has 8 nitrogen and oxygen atoms in total. The lowest BCUT2D eigenvalue weighted by Gasteiger charge is -2.35. The Labute approximate surface area is 166 Å². The third-order valence-corrected chi connectivity index (χ3v) is 6.52. The maximum Gasteiger partial charge on any atom is 0.243 e. The van der Waals surface area contributed by atoms with Crippen molar-refractivity contribution in [2.24, 2.45) is 0 Å². The number of nitrogens with zero attached hydrogens (tertiary/aromatic N) is 5. The lowest BCUT2D eigenvalue weighted by molar-refractivity contribution is 0.340. The topological polar surface area (TPSA) is 78.9 Å². The van der Waals surface area contributed by atoms with E-state index in [1.165, 1.54) is 4.31 Å². The number of sulfonamides is 1. The van der Waals surface area contributed by atoms with Crippen molar-refractivity contribution >= 4 is 21.7 Å². The van der Waals surface area contributed by atoms with Gasteiger partial charge in [0, 0.05) is 46.3 Å². The summed E-state index contributed by atoms with van der Waals surface area (Å²) < 4.78 is 32.8. The van der Waals surface area contributed by atoms with Gasteiger partial charge in [-0.15, -0.1) is 0 Å². The Kier molecular flexibility index (Phi) is 6.04. The zero-order valence-electron chi connectivity index (χ0n) is 16.8. The molecule has 0 radical (unpaired) electrons. The molecular formula is C19H27N5O3S. The minimum absolute atomic E-state index is 0.289. The van der Waals surface area contributed by atoms with E-state index in [2.05, 4.69) is 14.9 Å². The normalized spacial score (nSPS) is 15.5. The SMILES string of the molecule is CCOc1ccc(S(=O)(=O)N2CCN(c3cc(N(C)C)nc(C)n3)CC2)cc1. The second-order valence-corrected chi connectivity index (χ2v) is 8.76. The maximum atomic E-state index is 12.9. The average molecular weight is 406 g/mol. The zero-order chi connectivity index (χ0) is 20.3. The van der Waals surface area contributed by atoms with Crippen LogP contribution in [0.2, 0.25) is 0 Å². The van der Waals surface area contributed by atoms with Gasteiger partial charge in [0.25, 0.3) is 0 Å². The first-order chi connectivity index (χ1) is 13.3. The second-order valence-electron chi connectivity index (χ2n) is 6.82. The van der Waals surface area contributed by atoms with E-state index in [0.717, 1.165) is 11.6 Å². The molecule has 1 aliphatic heterocycles. The van der Waals surface area contributed by atoms with Crippen molar-refractivity contribution in [3.05, 3.63) is 36.2 Å². The molecule has 2 heterocycles. The highest BCUT2D eigenvalue weighted by atomic mass is 32.2. The van der Waals surface area contributed by atoms with Crippen LogP contribution in [0.15, 0.2) is 35.2 Å². The lowest BCUT2D eigenvalue weighted by atomic mass is 10.3. The van der Waals surface area contributed by atoms with E-state index in [9.17, 15) is 8.42 Å². The van der Waals surface area contributed by atoms with E-state index in [-0.39, 0.29) is 4.90 Å². The van der Waals surface area contributed by atoms with Crippen molar-refractivity contribution in [3.63, 3.8) is 0 Å². The quantitative estimate of drug-likeness (QED) is 0.725. The lowest BCUT2D eigenvalue weighted by Crippen LogP contribution is -2.49. The Balaban J connectivity index is 1.71. The van der Waals surface area contributed by atoms with Crippen LogP contribution in [0.3, 0.4) is 0 Å². The van der Waals surface area contributed by atoms with E-state index in [1.54, 1.807) is 24.3 Å². The van der Waals surface area contributed by atoms with Gasteiger partial charge in [-0.05, 0) is 38.1 Å². The summed E-state index contributed by atoms with van der Waals surface area (Å²) in [5, 5.41) is 0. The number of hydrogen-bond acceptors (Lipinski definition) is 7. The Bertz CT molecular complexity index is 908. The molecule has 1 aromatic carbocycles. The van der Waals surface area contributed by atoms with E-state index < -0.39 is 10.0 Å². The van der Waals surface area contributed by atoms with Crippen molar-refractivity contribution in [2.45, 2.75) is 18.7 Å². The molecule has 0 amide bonds. The Morgan fingerprint density at radius 2 is 1.71 bits per heavy atom. The van der Waals surface area contributed by atoms with Gasteiger partial charge in [0.1, 0.15) is 23.2 Å². The van der Waals surface area contributed by atoms with Gasteiger partial charge in [-0.2, -0.15) is 4.31 Å². The maximum absolute atomic E-state index is 12.9. The average Bonchev–Trinajstić information content (AvgIpc) is 2.68. The molecule has 0 unspecified atom stereocenters. The van der Waals surface area contributed by atoms with E-state index >= 15 is 0 Å². The van der Waals surface area contributed by atoms with E-state index in [4.69, 9.17) is 4.74 Å². The van der Waals surface area contributed by atoms with Crippen molar-refractivity contribution in [1.29, 1.82) is 0 Å². The van der Waals surface area contributed by atoms with Gasteiger partial charge in [-0.25, -0.2) is 18.4 Å². The van der Waals surface area contributed by atoms with Gasteiger partial charge in [-0.3, -0.25) is 0 Å². The molecule has 152 valence electrons. The highest BCUT2D eigenvalue weighted by Gasteiger charge is 2.29. The molecule has 1 aromatic heterocycles. The smallest absolute Gasteiger partial charge is 0.243 e. The number of aryl methyl sites for hydroxylation is 1. The highest BCUT2D eigenvalue weighted by molar-refractivity contribution is 7.89. The van der Waals surface area contributed by atoms with Crippen LogP contribution >= 0.6 is 0 Å². The minimum atomic E-state index is -3.52. The van der Waals surface area contributed by atoms with Crippen LogP contribution < -0.4 is 14.5 Å². The number of aromatic nitrogens is 2. The number of piperazine rings is 1. The largest absolute Gasteiger partial charge is 0.494 e. The summed E-state index contributed by atoms with van der Waals surface area (Å²) in [7, 11) is 0.356. The molecule has 0 atom stereocenters. The number of anilines is 2. The summed E-state index contributed by atoms with van der Waals surface area (Å²) in [5.74, 6) is 3.04. The summed E-state index contributed by atoms with van der Waals surface area (Å²) >= 11 is 0. The van der Waals surface area contributed by atoms with E-state index in [0.29, 0.717) is 44.4 Å². The van der Waals surface area contributed by atoms with Crippen LogP contribution in [-0.2, 0) is 10.0 Å². The molecule has 0 saturated carbocycles. The fourth-order valence-electron chi connectivity index (χ4n) is 3.11. The molecule has 28 heavy (non-hydrogen) atoms. The van der Waals surface area contributed by atoms with Crippen LogP contribution in [0.4, 0.5) is 11.6 Å². The third kappa shape index (κ3) is 4.36. The summed E-state index contributed by atoms with van der Waals surface area (Å²) in [6, 6.07) is 8.52. The molecule has 1 fully saturated rings. The summed E-state index contributed by atoms with van der Waals surface area (Å²) in [5.41, 5.74) is 0. The predicted molar refractivity (Wildman–Crippen MR) is 110 cm³/mol. The van der Waals surface area contributed by atoms with Gasteiger partial charge in [-0.1, -0.05) is 0 Å². The van der Waals surface area contributed by atoms with Crippen LogP contribution in [0, 0.1) is 6.92 Å². The van der Waals surface area contributed by atoms with Crippen LogP contribution in [-0.4, -0.2) is 69.6 Å². The van der Waals surface area contributed by atoms with Gasteiger partial charge in [0.15, 0.2) is 0 Å². The van der Waals surface area contributed by atoms with Gasteiger partial charge >= 0.3 is 0 Å². The van der Waals surface area contributed by atoms with Gasteiger partial charge in [0.05, 0.1) is 11.5 Å². The van der Waals surface area contributed by atoms with Gasteiger partial charge in [0.2, 0.25) is 10.0 Å². The Morgan fingerprint density at radius 3 is 2.29 bits per heavy atom. The Hall–Kier alpha value is -2.39. The molecule has 2 aromatic rings. The highest BCUT2D eigenvalue weighted by Crippen LogP contribution is 2.23. The van der Waals surface area contributed by atoms with Crippen LogP contribution in [0.5, 0.6) is 5.75 Å². The minimum Gasteiger partial charge on any atom is -0.494 e. The molecule has 0 bridgehead atoms. The Morgan fingerprint density at radius 1 is 1.07 bits per heavy atom. The van der Waals surface area contributed by atoms with E-state index in [1.807, 2.05) is 38.9 Å². The molecule has 9 heteroatoms. The van der Waals surface area contributed by atoms with Crippen LogP contribution in [0.1, 0.15) is 12.7 Å². The van der Waals surface area contributed by atoms with Crippen molar-refractivity contribution in [1.82, 2.24) is 14.3 Å². The van der Waals surface area contributed by atoms with Crippen molar-refractivity contribution < 1.29 is 13.2 Å². The first-order valence-electron chi connectivity index (χ1n) is 9.32. The summed E-state index contributed by atoms with van der Waals surface area (Å²) in [6.07, 6.45) is 0. The van der Waals surface area contributed by atoms with Crippen molar-refractivity contribution in [3.8, 4) is 5.75 Å². The predicted octanol–water partition coefficient (Wildman–Crippen LogP) is 1.76. The number of hydrogen-bond donors (Lipinski definition) is 0. The van der Waals surface area contributed by atoms with Crippen molar-refractivity contribution in [2.75, 3.05) is 56.7 Å². The first kappa shape index (κ1) is 20.3. The van der Waals surface area contributed by atoms with Gasteiger partial charge < -0.3 is 14.5 Å². The zero-order valence-corrected chi connectivity index (χ0v) is 17.6. The molecule has 3 rings (SSSR count). The standard InChI is InChI=1S/C19H27N5O3S/c1-5-27-16-6-8-17(9-7-16)28(25,26)24-12-10-23(11-13-24)19-14-18(22(3)4)20-15(2)21-19/h6-9,14H,5,10-13H2,1-4H3. The fourth-order valence-corrected chi connectivity index (χ4v) is 4.53. The molecule has 0 N–H and O–H groups in total. The summed E-state index contributed by atoms with van der Waals surface area (Å²) in [4.78, 5) is 13.3. The number of ether oxygens (including phenoxy) is 1. The monoisotopic (exact) mass is 405 g/mol. The molecule has 1 saturated heterocycles. The summed E-state index contributed by atoms with van der Waals surface area (Å²) in [6.45, 7) is 6.30. The molecule has 0 spiro atoms. The van der Waals surface area contributed by atoms with Crippen LogP contribution in [0.25, 0.3) is 0 Å². The molecular weight excluding hydrogens is 378 g/mol. The third-order valence-electron chi connectivity index (χ3n) is 4.60. The first-order valence-corrected chi connectivity index (χ1v) is 10.8. The molecule has 1 aliphatic rings. The number of rotatable bonds is 6. The number of benzene rings is 1. The molecule has 0 aliphatic carbocycles. The fraction of sp³-hybridized carbons (Fsp3) is 0.474. The second kappa shape index (κ2) is 8.32.